The maximum absolute atomic E-state index is 12.2. The van der Waals surface area contributed by atoms with Crippen molar-refractivity contribution in [1.29, 1.82) is 0 Å². The van der Waals surface area contributed by atoms with E-state index in [2.05, 4.69) is 10.4 Å². The largest absolute Gasteiger partial charge is 0.341 e. The van der Waals surface area contributed by atoms with Crippen LogP contribution >= 0.6 is 0 Å². The van der Waals surface area contributed by atoms with E-state index < -0.39 is 0 Å². The molecule has 2 rings (SSSR count). The van der Waals surface area contributed by atoms with Crippen molar-refractivity contribution in [2.45, 2.75) is 25.7 Å². The predicted octanol–water partition coefficient (Wildman–Crippen LogP) is 1.63. The number of anilines is 1. The second kappa shape index (κ2) is 5.82. The fourth-order valence-corrected chi connectivity index (χ4v) is 2.49. The number of amides is 1. The number of nitrogen functional groups attached to an aromatic ring is 1. The lowest BCUT2D eigenvalue weighted by molar-refractivity contribution is 0.0773. The Kier molecular flexibility index (Phi) is 4.15. The van der Waals surface area contributed by atoms with Crippen LogP contribution in [0.2, 0.25) is 0 Å². The predicted molar refractivity (Wildman–Crippen MR) is 71.0 cm³/mol. The monoisotopic (exact) mass is 248 g/mol. The Balaban J connectivity index is 1.95. The van der Waals surface area contributed by atoms with Gasteiger partial charge in [-0.2, -0.15) is 0 Å². The Bertz CT molecular complexity index is 398. The van der Waals surface area contributed by atoms with Crippen molar-refractivity contribution in [2.24, 2.45) is 11.8 Å². The SMILES string of the molecule is CN(CC1CCCC1)C(=O)c1ccc(NN)nc1. The van der Waals surface area contributed by atoms with Crippen LogP contribution in [0.1, 0.15) is 36.0 Å². The molecule has 0 aromatic carbocycles. The van der Waals surface area contributed by atoms with Crippen LogP contribution in [-0.4, -0.2) is 29.4 Å². The summed E-state index contributed by atoms with van der Waals surface area (Å²) in [7, 11) is 1.86. The molecule has 1 aromatic rings. The molecule has 98 valence electrons. The molecule has 5 nitrogen and oxygen atoms in total. The Hall–Kier alpha value is -1.62. The summed E-state index contributed by atoms with van der Waals surface area (Å²) in [4.78, 5) is 18.0. The lowest BCUT2D eigenvalue weighted by Gasteiger charge is -2.21. The molecule has 18 heavy (non-hydrogen) atoms. The van der Waals surface area contributed by atoms with Crippen molar-refractivity contribution < 1.29 is 4.79 Å². The summed E-state index contributed by atoms with van der Waals surface area (Å²) in [5.41, 5.74) is 3.05. The Morgan fingerprint density at radius 3 is 2.78 bits per heavy atom. The summed E-state index contributed by atoms with van der Waals surface area (Å²) >= 11 is 0. The highest BCUT2D eigenvalue weighted by molar-refractivity contribution is 5.93. The van der Waals surface area contributed by atoms with Gasteiger partial charge in [-0.05, 0) is 30.9 Å². The van der Waals surface area contributed by atoms with Crippen LogP contribution in [0, 0.1) is 5.92 Å². The minimum absolute atomic E-state index is 0.0259. The van der Waals surface area contributed by atoms with Crippen LogP contribution in [0.5, 0.6) is 0 Å². The van der Waals surface area contributed by atoms with Crippen LogP contribution in [0.25, 0.3) is 0 Å². The lowest BCUT2D eigenvalue weighted by atomic mass is 10.1. The number of carbonyl (C=O) groups excluding carboxylic acids is 1. The first-order valence-electron chi connectivity index (χ1n) is 6.39. The van der Waals surface area contributed by atoms with Crippen LogP contribution in [0.4, 0.5) is 5.82 Å². The summed E-state index contributed by atoms with van der Waals surface area (Å²) in [6, 6.07) is 3.45. The van der Waals surface area contributed by atoms with E-state index >= 15 is 0 Å². The van der Waals surface area contributed by atoms with Crippen molar-refractivity contribution in [3.63, 3.8) is 0 Å². The third-order valence-corrected chi connectivity index (χ3v) is 3.51. The fourth-order valence-electron chi connectivity index (χ4n) is 2.49. The smallest absolute Gasteiger partial charge is 0.255 e. The highest BCUT2D eigenvalue weighted by Crippen LogP contribution is 2.25. The van der Waals surface area contributed by atoms with Gasteiger partial charge in [0, 0.05) is 19.8 Å². The van der Waals surface area contributed by atoms with E-state index in [0.717, 1.165) is 6.54 Å². The number of nitrogens with two attached hydrogens (primary N) is 1. The molecule has 1 aromatic heterocycles. The molecule has 0 unspecified atom stereocenters. The van der Waals surface area contributed by atoms with Crippen molar-refractivity contribution in [3.8, 4) is 0 Å². The molecule has 0 spiro atoms. The normalized spacial score (nSPS) is 15.7. The first kappa shape index (κ1) is 12.8. The first-order chi connectivity index (χ1) is 8.70. The average Bonchev–Trinajstić information content (AvgIpc) is 2.91. The van der Waals surface area contributed by atoms with Gasteiger partial charge in [0.05, 0.1) is 5.56 Å². The zero-order valence-electron chi connectivity index (χ0n) is 10.7. The third-order valence-electron chi connectivity index (χ3n) is 3.51. The van der Waals surface area contributed by atoms with E-state index in [-0.39, 0.29) is 5.91 Å². The second-order valence-corrected chi connectivity index (χ2v) is 4.91. The Morgan fingerprint density at radius 1 is 1.50 bits per heavy atom. The van der Waals surface area contributed by atoms with Crippen molar-refractivity contribution in [3.05, 3.63) is 23.9 Å². The number of aromatic nitrogens is 1. The standard InChI is InChI=1S/C13H20N4O/c1-17(9-10-4-2-3-5-10)13(18)11-6-7-12(16-14)15-8-11/h6-8,10H,2-5,9,14H2,1H3,(H,15,16). The third kappa shape index (κ3) is 2.98. The van der Waals surface area contributed by atoms with E-state index in [0.29, 0.717) is 17.3 Å². The van der Waals surface area contributed by atoms with E-state index in [9.17, 15) is 4.79 Å². The van der Waals surface area contributed by atoms with E-state index in [1.54, 1.807) is 23.2 Å². The molecule has 0 aliphatic heterocycles. The number of nitrogens with zero attached hydrogens (tertiary/aromatic N) is 2. The van der Waals surface area contributed by atoms with Crippen molar-refractivity contribution in [1.82, 2.24) is 9.88 Å². The number of hydrogen-bond donors (Lipinski definition) is 2. The number of nitrogens with one attached hydrogen (secondary N) is 1. The number of hydrogen-bond acceptors (Lipinski definition) is 4. The van der Waals surface area contributed by atoms with Gasteiger partial charge in [0.1, 0.15) is 5.82 Å². The zero-order valence-corrected chi connectivity index (χ0v) is 10.7. The number of rotatable bonds is 4. The van der Waals surface area contributed by atoms with E-state index in [1.165, 1.54) is 25.7 Å². The molecule has 3 N–H and O–H groups in total. The molecule has 0 bridgehead atoms. The summed E-state index contributed by atoms with van der Waals surface area (Å²) in [6.45, 7) is 0.843. The van der Waals surface area contributed by atoms with Crippen LogP contribution in [-0.2, 0) is 0 Å². The number of carbonyl (C=O) groups is 1. The van der Waals surface area contributed by atoms with Gasteiger partial charge in [0.25, 0.3) is 5.91 Å². The maximum Gasteiger partial charge on any atom is 0.255 e. The molecule has 1 heterocycles. The molecular formula is C13H20N4O. The van der Waals surface area contributed by atoms with Crippen molar-refractivity contribution >= 4 is 11.7 Å². The van der Waals surface area contributed by atoms with Crippen LogP contribution in [0.3, 0.4) is 0 Å². The maximum atomic E-state index is 12.2. The molecule has 0 saturated heterocycles. The van der Waals surface area contributed by atoms with Gasteiger partial charge < -0.3 is 10.3 Å². The van der Waals surface area contributed by atoms with Gasteiger partial charge in [0.2, 0.25) is 0 Å². The Labute approximate surface area is 107 Å². The zero-order chi connectivity index (χ0) is 13.0. The summed E-state index contributed by atoms with van der Waals surface area (Å²) in [5, 5.41) is 0. The van der Waals surface area contributed by atoms with Gasteiger partial charge in [-0.1, -0.05) is 12.8 Å². The van der Waals surface area contributed by atoms with E-state index in [1.807, 2.05) is 7.05 Å². The lowest BCUT2D eigenvalue weighted by Crippen LogP contribution is -2.31. The molecule has 1 saturated carbocycles. The number of pyridine rings is 1. The average molecular weight is 248 g/mol. The summed E-state index contributed by atoms with van der Waals surface area (Å²) in [5.74, 6) is 6.49. The topological polar surface area (TPSA) is 71.2 Å². The molecule has 1 aliphatic rings. The summed E-state index contributed by atoms with van der Waals surface area (Å²) < 4.78 is 0. The molecular weight excluding hydrogens is 228 g/mol. The minimum atomic E-state index is 0.0259. The van der Waals surface area contributed by atoms with Gasteiger partial charge in [-0.3, -0.25) is 4.79 Å². The van der Waals surface area contributed by atoms with Crippen LogP contribution in [0.15, 0.2) is 18.3 Å². The van der Waals surface area contributed by atoms with Crippen molar-refractivity contribution in [2.75, 3.05) is 19.0 Å². The van der Waals surface area contributed by atoms with E-state index in [4.69, 9.17) is 5.84 Å². The second-order valence-electron chi connectivity index (χ2n) is 4.91. The van der Waals surface area contributed by atoms with Gasteiger partial charge in [-0.25, -0.2) is 10.8 Å². The quantitative estimate of drug-likeness (QED) is 0.627. The molecule has 0 atom stereocenters. The molecule has 1 aliphatic carbocycles. The highest BCUT2D eigenvalue weighted by Gasteiger charge is 2.20. The first-order valence-corrected chi connectivity index (χ1v) is 6.39. The molecule has 1 amide bonds. The highest BCUT2D eigenvalue weighted by atomic mass is 16.2. The number of hydrazine groups is 1. The van der Waals surface area contributed by atoms with Gasteiger partial charge >= 0.3 is 0 Å². The van der Waals surface area contributed by atoms with Gasteiger partial charge in [-0.15, -0.1) is 0 Å². The molecule has 1 fully saturated rings. The minimum Gasteiger partial charge on any atom is -0.341 e. The fraction of sp³-hybridized carbons (Fsp3) is 0.538. The van der Waals surface area contributed by atoms with Crippen LogP contribution < -0.4 is 11.3 Å². The molecule has 0 radical (unpaired) electrons. The molecule has 5 heteroatoms. The Morgan fingerprint density at radius 2 is 2.22 bits per heavy atom. The summed E-state index contributed by atoms with van der Waals surface area (Å²) in [6.07, 6.45) is 6.64. The van der Waals surface area contributed by atoms with Gasteiger partial charge in [0.15, 0.2) is 0 Å².